The van der Waals surface area contributed by atoms with Crippen LogP contribution >= 0.6 is 0 Å². The fourth-order valence-corrected chi connectivity index (χ4v) is 3.65. The van der Waals surface area contributed by atoms with Gasteiger partial charge < -0.3 is 15.0 Å². The Hall–Kier alpha value is -3.16. The first kappa shape index (κ1) is 18.2. The van der Waals surface area contributed by atoms with E-state index in [9.17, 15) is 4.79 Å². The zero-order chi connectivity index (χ0) is 19.5. The monoisotopic (exact) mass is 380 g/mol. The van der Waals surface area contributed by atoms with Gasteiger partial charge in [0, 0.05) is 37.8 Å². The molecular formula is C20H24N6O2. The van der Waals surface area contributed by atoms with Crippen molar-refractivity contribution in [3.8, 4) is 0 Å². The second kappa shape index (κ2) is 7.84. The number of nitrogens with one attached hydrogen (secondary N) is 1. The van der Waals surface area contributed by atoms with Crippen LogP contribution in [0.3, 0.4) is 0 Å². The Bertz CT molecular complexity index is 986. The van der Waals surface area contributed by atoms with Crippen LogP contribution < -0.4 is 10.2 Å². The molecule has 1 fully saturated rings. The highest BCUT2D eigenvalue weighted by Crippen LogP contribution is 2.28. The Morgan fingerprint density at radius 1 is 1.32 bits per heavy atom. The van der Waals surface area contributed by atoms with E-state index in [0.717, 1.165) is 42.5 Å². The van der Waals surface area contributed by atoms with Crippen molar-refractivity contribution in [2.75, 3.05) is 29.9 Å². The number of rotatable bonds is 5. The molecule has 146 valence electrons. The number of carbonyl (C=O) groups excluding carboxylic acids is 1. The van der Waals surface area contributed by atoms with Crippen LogP contribution in [0.2, 0.25) is 0 Å². The van der Waals surface area contributed by atoms with Gasteiger partial charge in [-0.05, 0) is 25.8 Å². The molecule has 0 spiro atoms. The maximum atomic E-state index is 12.5. The van der Waals surface area contributed by atoms with E-state index in [1.54, 1.807) is 6.92 Å². The van der Waals surface area contributed by atoms with Crippen LogP contribution in [-0.4, -0.2) is 51.7 Å². The summed E-state index contributed by atoms with van der Waals surface area (Å²) in [6.45, 7) is 3.89. The normalized spacial score (nSPS) is 16.9. The number of piperidine rings is 1. The van der Waals surface area contributed by atoms with Crippen molar-refractivity contribution >= 4 is 28.2 Å². The first-order chi connectivity index (χ1) is 13.7. The molecule has 0 amide bonds. The van der Waals surface area contributed by atoms with E-state index in [2.05, 4.69) is 25.5 Å². The minimum atomic E-state index is -0.455. The van der Waals surface area contributed by atoms with Gasteiger partial charge in [0.05, 0.1) is 29.7 Å². The molecule has 3 heterocycles. The molecule has 28 heavy (non-hydrogen) atoms. The molecule has 1 atom stereocenters. The third kappa shape index (κ3) is 3.62. The third-order valence-corrected chi connectivity index (χ3v) is 4.96. The van der Waals surface area contributed by atoms with E-state index in [0.29, 0.717) is 12.3 Å². The number of carbonyl (C=O) groups is 1. The molecule has 0 radical (unpaired) electrons. The summed E-state index contributed by atoms with van der Waals surface area (Å²) in [6, 6.07) is 7.87. The summed E-state index contributed by atoms with van der Waals surface area (Å²) in [5.74, 6) is -0.455. The van der Waals surface area contributed by atoms with Crippen molar-refractivity contribution in [2.24, 2.45) is 7.05 Å². The Labute approximate surface area is 163 Å². The molecule has 1 aliphatic rings. The van der Waals surface area contributed by atoms with Gasteiger partial charge in [-0.15, -0.1) is 10.2 Å². The number of nitrogens with zero attached hydrogens (tertiary/aromatic N) is 5. The van der Waals surface area contributed by atoms with Crippen molar-refractivity contribution in [1.29, 1.82) is 0 Å². The van der Waals surface area contributed by atoms with Gasteiger partial charge in [-0.1, -0.05) is 18.2 Å². The predicted octanol–water partition coefficient (Wildman–Crippen LogP) is 2.62. The number of esters is 1. The summed E-state index contributed by atoms with van der Waals surface area (Å²) in [5, 5.41) is 17.1. The highest BCUT2D eigenvalue weighted by atomic mass is 16.5. The van der Waals surface area contributed by atoms with Gasteiger partial charge in [0.25, 0.3) is 0 Å². The molecule has 1 aliphatic heterocycles. The molecule has 0 aliphatic carbocycles. The number of anilines is 2. The highest BCUT2D eigenvalue weighted by Gasteiger charge is 2.25. The predicted molar refractivity (Wildman–Crippen MR) is 108 cm³/mol. The van der Waals surface area contributed by atoms with Crippen molar-refractivity contribution in [1.82, 2.24) is 20.0 Å². The van der Waals surface area contributed by atoms with E-state index in [1.165, 1.54) is 0 Å². The van der Waals surface area contributed by atoms with E-state index in [4.69, 9.17) is 4.74 Å². The lowest BCUT2D eigenvalue weighted by atomic mass is 10.0. The number of benzene rings is 1. The van der Waals surface area contributed by atoms with Crippen LogP contribution in [0.15, 0.2) is 36.7 Å². The number of fused-ring (bicyclic) bond motifs is 1. The van der Waals surface area contributed by atoms with E-state index < -0.39 is 5.97 Å². The van der Waals surface area contributed by atoms with Gasteiger partial charge in [0.1, 0.15) is 0 Å². The average molecular weight is 380 g/mol. The lowest BCUT2D eigenvalue weighted by Gasteiger charge is -2.34. The second-order valence-corrected chi connectivity index (χ2v) is 6.96. The Morgan fingerprint density at radius 2 is 2.18 bits per heavy atom. The first-order valence-electron chi connectivity index (χ1n) is 9.58. The topological polar surface area (TPSA) is 85.2 Å². The van der Waals surface area contributed by atoms with Crippen molar-refractivity contribution in [3.63, 3.8) is 0 Å². The quantitative estimate of drug-likeness (QED) is 0.681. The summed E-state index contributed by atoms with van der Waals surface area (Å²) in [7, 11) is 1.92. The molecule has 1 N–H and O–H groups in total. The second-order valence-electron chi connectivity index (χ2n) is 6.96. The van der Waals surface area contributed by atoms with Gasteiger partial charge in [-0.25, -0.2) is 4.79 Å². The van der Waals surface area contributed by atoms with Crippen LogP contribution in [0.5, 0.6) is 0 Å². The number of aromatic nitrogens is 4. The number of aryl methyl sites for hydroxylation is 1. The maximum absolute atomic E-state index is 12.5. The molecule has 8 heteroatoms. The Balaban J connectivity index is 1.64. The van der Waals surface area contributed by atoms with Crippen molar-refractivity contribution in [2.45, 2.75) is 25.8 Å². The number of hydrogen-bond acceptors (Lipinski definition) is 7. The van der Waals surface area contributed by atoms with Gasteiger partial charge >= 0.3 is 5.97 Å². The van der Waals surface area contributed by atoms with Crippen molar-refractivity contribution in [3.05, 3.63) is 42.4 Å². The fraction of sp³-hybridized carbons (Fsp3) is 0.400. The summed E-state index contributed by atoms with van der Waals surface area (Å²) >= 11 is 0. The molecule has 3 aromatic rings. The Morgan fingerprint density at radius 3 is 2.96 bits per heavy atom. The van der Waals surface area contributed by atoms with Crippen LogP contribution in [0.1, 0.15) is 30.3 Å². The zero-order valence-corrected chi connectivity index (χ0v) is 16.1. The van der Waals surface area contributed by atoms with Gasteiger partial charge in [0.2, 0.25) is 0 Å². The zero-order valence-electron chi connectivity index (χ0n) is 16.1. The summed E-state index contributed by atoms with van der Waals surface area (Å²) < 4.78 is 7.01. The SMILES string of the molecule is CCOC(=O)c1nnc2ccccc2c1NC1CCCN(c2cnn(C)c2)C1. The fourth-order valence-electron chi connectivity index (χ4n) is 3.65. The lowest BCUT2D eigenvalue weighted by molar-refractivity contribution is 0.0519. The van der Waals surface area contributed by atoms with Crippen LogP contribution in [-0.2, 0) is 11.8 Å². The largest absolute Gasteiger partial charge is 0.461 e. The van der Waals surface area contributed by atoms with Gasteiger partial charge in [-0.3, -0.25) is 4.68 Å². The lowest BCUT2D eigenvalue weighted by Crippen LogP contribution is -2.42. The molecular weight excluding hydrogens is 356 g/mol. The molecule has 1 aromatic carbocycles. The minimum Gasteiger partial charge on any atom is -0.461 e. The number of hydrogen-bond donors (Lipinski definition) is 1. The molecule has 1 unspecified atom stereocenters. The van der Waals surface area contributed by atoms with Gasteiger partial charge in [0.15, 0.2) is 5.69 Å². The summed E-state index contributed by atoms with van der Waals surface area (Å²) in [4.78, 5) is 14.8. The average Bonchev–Trinajstić information content (AvgIpc) is 3.15. The van der Waals surface area contributed by atoms with E-state index in [1.807, 2.05) is 48.4 Å². The van der Waals surface area contributed by atoms with Crippen molar-refractivity contribution < 1.29 is 9.53 Å². The molecule has 4 rings (SSSR count). The van der Waals surface area contributed by atoms with Crippen LogP contribution in [0.25, 0.3) is 10.9 Å². The summed E-state index contributed by atoms with van der Waals surface area (Å²) in [5.41, 5.74) is 2.79. The molecule has 1 saturated heterocycles. The van der Waals surface area contributed by atoms with Gasteiger partial charge in [-0.2, -0.15) is 5.10 Å². The molecule has 0 saturated carbocycles. The molecule has 2 aromatic heterocycles. The summed E-state index contributed by atoms with van der Waals surface area (Å²) in [6.07, 6.45) is 5.97. The maximum Gasteiger partial charge on any atom is 0.361 e. The highest BCUT2D eigenvalue weighted by molar-refractivity contribution is 6.03. The minimum absolute atomic E-state index is 0.176. The number of ether oxygens (including phenoxy) is 1. The van der Waals surface area contributed by atoms with E-state index >= 15 is 0 Å². The molecule has 0 bridgehead atoms. The third-order valence-electron chi connectivity index (χ3n) is 4.96. The Kier molecular flexibility index (Phi) is 5.10. The first-order valence-corrected chi connectivity index (χ1v) is 9.58. The van der Waals surface area contributed by atoms with Crippen LogP contribution in [0, 0.1) is 0 Å². The van der Waals surface area contributed by atoms with E-state index in [-0.39, 0.29) is 11.7 Å². The molecule has 8 nitrogen and oxygen atoms in total. The van der Waals surface area contributed by atoms with Crippen LogP contribution in [0.4, 0.5) is 11.4 Å². The smallest absolute Gasteiger partial charge is 0.361 e. The standard InChI is InChI=1S/C20H24N6O2/c1-3-28-20(27)19-18(16-8-4-5-9-17(16)23-24-19)22-14-7-6-10-26(12-14)15-11-21-25(2)13-15/h4-5,8-9,11,13-14H,3,6-7,10,12H2,1-2H3,(H,22,23).